The summed E-state index contributed by atoms with van der Waals surface area (Å²) in [6, 6.07) is 7.62. The van der Waals surface area contributed by atoms with Crippen LogP contribution >= 0.6 is 0 Å². The number of amides is 1. The highest BCUT2D eigenvalue weighted by atomic mass is 19.1. The fourth-order valence-corrected chi connectivity index (χ4v) is 2.65. The number of hydrogen-bond acceptors (Lipinski definition) is 4. The summed E-state index contributed by atoms with van der Waals surface area (Å²) in [5.74, 6) is -2.03. The normalized spacial score (nSPS) is 15.2. The van der Waals surface area contributed by atoms with Gasteiger partial charge in [0.15, 0.2) is 0 Å². The van der Waals surface area contributed by atoms with Crippen LogP contribution in [0.5, 0.6) is 5.75 Å². The van der Waals surface area contributed by atoms with Gasteiger partial charge in [-0.2, -0.15) is 0 Å². The van der Waals surface area contributed by atoms with Crippen LogP contribution in [0.1, 0.15) is 26.3 Å². The number of halogens is 2. The van der Waals surface area contributed by atoms with Gasteiger partial charge in [0.1, 0.15) is 23.5 Å². The Morgan fingerprint density at radius 1 is 1.24 bits per heavy atom. The number of esters is 1. The number of hydrogen-bond donors (Lipinski definition) is 1. The second-order valence-corrected chi connectivity index (χ2v) is 5.59. The zero-order valence-electron chi connectivity index (χ0n) is 13.3. The lowest BCUT2D eigenvalue weighted by Gasteiger charge is -2.12. The highest BCUT2D eigenvalue weighted by Crippen LogP contribution is 2.29. The van der Waals surface area contributed by atoms with Gasteiger partial charge < -0.3 is 14.8 Å². The molecular weight excluding hydrogens is 332 g/mol. The van der Waals surface area contributed by atoms with Crippen molar-refractivity contribution in [2.24, 2.45) is 0 Å². The molecule has 0 fully saturated rings. The molecule has 1 amide bonds. The SMILES string of the molecule is COC(=O)c1ccc2c(c1)C[C@@H](CNC(=O)c1cc(F)ccc1F)O2. The highest BCUT2D eigenvalue weighted by Gasteiger charge is 2.25. The molecule has 0 saturated carbocycles. The maximum atomic E-state index is 13.6. The first-order valence-corrected chi connectivity index (χ1v) is 7.59. The summed E-state index contributed by atoms with van der Waals surface area (Å²) in [4.78, 5) is 23.5. The maximum Gasteiger partial charge on any atom is 0.337 e. The quantitative estimate of drug-likeness (QED) is 0.863. The number of methoxy groups -OCH3 is 1. The molecule has 7 heteroatoms. The minimum atomic E-state index is -0.794. The average Bonchev–Trinajstić information content (AvgIpc) is 3.03. The summed E-state index contributed by atoms with van der Waals surface area (Å²) in [7, 11) is 1.30. The lowest BCUT2D eigenvalue weighted by molar-refractivity contribution is 0.0600. The molecule has 0 aromatic heterocycles. The smallest absolute Gasteiger partial charge is 0.337 e. The molecule has 1 heterocycles. The summed E-state index contributed by atoms with van der Waals surface area (Å²) >= 11 is 0. The van der Waals surface area contributed by atoms with Crippen LogP contribution in [0.3, 0.4) is 0 Å². The Kier molecular flexibility index (Phi) is 4.65. The molecule has 1 aliphatic heterocycles. The standard InChI is InChI=1S/C18H15F2NO4/c1-24-18(23)10-2-5-16-11(6-10)7-13(25-16)9-21-17(22)14-8-12(19)3-4-15(14)20/h2-6,8,13H,7,9H2,1H3,(H,21,22)/t13-/m0/s1. The van der Waals surface area contributed by atoms with E-state index in [4.69, 9.17) is 4.74 Å². The maximum absolute atomic E-state index is 13.6. The first-order valence-electron chi connectivity index (χ1n) is 7.59. The molecule has 1 N–H and O–H groups in total. The molecule has 0 radical (unpaired) electrons. The Labute approximate surface area is 142 Å². The van der Waals surface area contributed by atoms with Gasteiger partial charge in [0.25, 0.3) is 5.91 Å². The van der Waals surface area contributed by atoms with E-state index in [1.165, 1.54) is 7.11 Å². The fourth-order valence-electron chi connectivity index (χ4n) is 2.65. The van der Waals surface area contributed by atoms with E-state index in [1.54, 1.807) is 18.2 Å². The first-order chi connectivity index (χ1) is 12.0. The first kappa shape index (κ1) is 16.9. The van der Waals surface area contributed by atoms with E-state index in [2.05, 4.69) is 10.1 Å². The van der Waals surface area contributed by atoms with E-state index < -0.39 is 23.5 Å². The topological polar surface area (TPSA) is 64.6 Å². The molecule has 2 aromatic rings. The van der Waals surface area contributed by atoms with E-state index >= 15 is 0 Å². The van der Waals surface area contributed by atoms with Gasteiger partial charge in [-0.1, -0.05) is 0 Å². The summed E-state index contributed by atoms with van der Waals surface area (Å²) in [6.07, 6.45) is 0.120. The van der Waals surface area contributed by atoms with E-state index in [1.807, 2.05) is 0 Å². The molecule has 0 spiro atoms. The van der Waals surface area contributed by atoms with Crippen LogP contribution in [0.15, 0.2) is 36.4 Å². The van der Waals surface area contributed by atoms with Crippen molar-refractivity contribution >= 4 is 11.9 Å². The number of benzene rings is 2. The number of rotatable bonds is 4. The zero-order valence-corrected chi connectivity index (χ0v) is 13.3. The van der Waals surface area contributed by atoms with Gasteiger partial charge in [-0.25, -0.2) is 13.6 Å². The molecule has 0 aliphatic carbocycles. The molecule has 0 saturated heterocycles. The van der Waals surface area contributed by atoms with Crippen molar-refractivity contribution in [2.45, 2.75) is 12.5 Å². The van der Waals surface area contributed by atoms with Crippen molar-refractivity contribution in [3.63, 3.8) is 0 Å². The van der Waals surface area contributed by atoms with Crippen LogP contribution in [0, 0.1) is 11.6 Å². The largest absolute Gasteiger partial charge is 0.488 e. The number of fused-ring (bicyclic) bond motifs is 1. The van der Waals surface area contributed by atoms with Gasteiger partial charge in [0, 0.05) is 6.42 Å². The summed E-state index contributed by atoms with van der Waals surface area (Å²) in [6.45, 7) is 0.122. The van der Waals surface area contributed by atoms with Gasteiger partial charge >= 0.3 is 5.97 Å². The molecule has 25 heavy (non-hydrogen) atoms. The van der Waals surface area contributed by atoms with Gasteiger partial charge in [-0.15, -0.1) is 0 Å². The Hall–Kier alpha value is -2.96. The molecular formula is C18H15F2NO4. The van der Waals surface area contributed by atoms with E-state index in [-0.39, 0.29) is 18.2 Å². The molecule has 1 atom stereocenters. The van der Waals surface area contributed by atoms with Gasteiger partial charge in [-0.3, -0.25) is 4.79 Å². The van der Waals surface area contributed by atoms with Crippen molar-refractivity contribution in [3.8, 4) is 5.75 Å². The van der Waals surface area contributed by atoms with Crippen molar-refractivity contribution in [2.75, 3.05) is 13.7 Å². The van der Waals surface area contributed by atoms with Crippen LogP contribution in [-0.2, 0) is 11.2 Å². The third-order valence-corrected chi connectivity index (χ3v) is 3.89. The lowest BCUT2D eigenvalue weighted by atomic mass is 10.1. The van der Waals surface area contributed by atoms with Crippen LogP contribution in [0.4, 0.5) is 8.78 Å². The van der Waals surface area contributed by atoms with Gasteiger partial charge in [0.05, 0.1) is 24.8 Å². The molecule has 3 rings (SSSR count). The molecule has 0 bridgehead atoms. The fraction of sp³-hybridized carbons (Fsp3) is 0.222. The zero-order chi connectivity index (χ0) is 18.0. The lowest BCUT2D eigenvalue weighted by Crippen LogP contribution is -2.34. The molecule has 5 nitrogen and oxygen atoms in total. The van der Waals surface area contributed by atoms with Crippen molar-refractivity contribution < 1.29 is 27.8 Å². The predicted molar refractivity (Wildman–Crippen MR) is 84.6 cm³/mol. The van der Waals surface area contributed by atoms with E-state index in [9.17, 15) is 18.4 Å². The second-order valence-electron chi connectivity index (χ2n) is 5.59. The third kappa shape index (κ3) is 3.60. The Morgan fingerprint density at radius 2 is 2.04 bits per heavy atom. The number of carbonyl (C=O) groups is 2. The van der Waals surface area contributed by atoms with Crippen LogP contribution < -0.4 is 10.1 Å². The minimum Gasteiger partial charge on any atom is -0.488 e. The van der Waals surface area contributed by atoms with Crippen molar-refractivity contribution in [1.82, 2.24) is 5.32 Å². The highest BCUT2D eigenvalue weighted by molar-refractivity contribution is 5.94. The van der Waals surface area contributed by atoms with Gasteiger partial charge in [-0.05, 0) is 42.0 Å². The number of ether oxygens (including phenoxy) is 2. The average molecular weight is 347 g/mol. The molecule has 0 unspecified atom stereocenters. The van der Waals surface area contributed by atoms with Gasteiger partial charge in [0.2, 0.25) is 0 Å². The Balaban J connectivity index is 1.62. The van der Waals surface area contributed by atoms with Crippen LogP contribution in [0.2, 0.25) is 0 Å². The third-order valence-electron chi connectivity index (χ3n) is 3.89. The molecule has 1 aliphatic rings. The molecule has 130 valence electrons. The van der Waals surface area contributed by atoms with Crippen LogP contribution in [0.25, 0.3) is 0 Å². The Morgan fingerprint density at radius 3 is 2.80 bits per heavy atom. The summed E-state index contributed by atoms with van der Waals surface area (Å²) in [5, 5.41) is 2.53. The summed E-state index contributed by atoms with van der Waals surface area (Å²) in [5.41, 5.74) is 0.874. The number of nitrogens with one attached hydrogen (secondary N) is 1. The van der Waals surface area contributed by atoms with Crippen molar-refractivity contribution in [3.05, 3.63) is 64.7 Å². The predicted octanol–water partition coefficient (Wildman–Crippen LogP) is 2.48. The molecule has 2 aromatic carbocycles. The minimum absolute atomic E-state index is 0.122. The van der Waals surface area contributed by atoms with E-state index in [0.717, 1.165) is 23.8 Å². The second kappa shape index (κ2) is 6.88. The monoisotopic (exact) mass is 347 g/mol. The number of carbonyl (C=O) groups excluding carboxylic acids is 2. The summed E-state index contributed by atoms with van der Waals surface area (Å²) < 4.78 is 37.1. The van der Waals surface area contributed by atoms with Crippen LogP contribution in [-0.4, -0.2) is 31.6 Å². The van der Waals surface area contributed by atoms with E-state index in [0.29, 0.717) is 17.7 Å². The van der Waals surface area contributed by atoms with Crippen molar-refractivity contribution in [1.29, 1.82) is 0 Å². The Bertz CT molecular complexity index is 838.